The molecule has 0 unspecified atom stereocenters. The van der Waals surface area contributed by atoms with Gasteiger partial charge in [-0.1, -0.05) is 43.1 Å². The Morgan fingerprint density at radius 1 is 1.26 bits per heavy atom. The van der Waals surface area contributed by atoms with Crippen LogP contribution in [0.15, 0.2) is 24.4 Å². The summed E-state index contributed by atoms with van der Waals surface area (Å²) in [6, 6.07) is 6.41. The highest BCUT2D eigenvalue weighted by atomic mass is 35.5. The largest absolute Gasteiger partial charge is 0.310 e. The first-order valence-corrected chi connectivity index (χ1v) is 6.97. The molecule has 0 spiro atoms. The molecule has 0 aliphatic heterocycles. The number of aryl methyl sites for hydroxylation is 1. The van der Waals surface area contributed by atoms with Crippen molar-refractivity contribution in [2.45, 2.75) is 33.4 Å². The predicted octanol–water partition coefficient (Wildman–Crippen LogP) is 3.99. The molecule has 2 aromatic rings. The molecule has 1 aromatic heterocycles. The number of rotatable bonds is 4. The lowest BCUT2D eigenvalue weighted by Crippen LogP contribution is -2.21. The maximum atomic E-state index is 6.31. The van der Waals surface area contributed by atoms with Crippen LogP contribution in [0.25, 0.3) is 5.69 Å². The van der Waals surface area contributed by atoms with Gasteiger partial charge in [0.15, 0.2) is 0 Å². The van der Waals surface area contributed by atoms with Gasteiger partial charge in [-0.3, -0.25) is 0 Å². The van der Waals surface area contributed by atoms with Crippen molar-refractivity contribution in [1.82, 2.24) is 15.1 Å². The molecule has 19 heavy (non-hydrogen) atoms. The quantitative estimate of drug-likeness (QED) is 0.925. The SMILES string of the molecule is Cc1nn(-c2ccc(CNC(C)C)cc2Cl)cc1Cl. The van der Waals surface area contributed by atoms with E-state index in [1.807, 2.05) is 25.1 Å². The van der Waals surface area contributed by atoms with E-state index >= 15 is 0 Å². The molecule has 0 amide bonds. The van der Waals surface area contributed by atoms with Gasteiger partial charge in [0.05, 0.1) is 21.4 Å². The van der Waals surface area contributed by atoms with Crippen molar-refractivity contribution in [2.75, 3.05) is 0 Å². The Balaban J connectivity index is 2.24. The standard InChI is InChI=1S/C14H17Cl2N3/c1-9(2)17-7-11-4-5-14(12(15)6-11)19-8-13(16)10(3)18-19/h4-6,8-9,17H,7H2,1-3H3. The minimum atomic E-state index is 0.450. The molecule has 0 fully saturated rings. The van der Waals surface area contributed by atoms with Crippen molar-refractivity contribution in [3.8, 4) is 5.69 Å². The van der Waals surface area contributed by atoms with Crippen LogP contribution in [-0.2, 0) is 6.54 Å². The number of nitrogens with one attached hydrogen (secondary N) is 1. The van der Waals surface area contributed by atoms with Gasteiger partial charge < -0.3 is 5.32 Å². The lowest BCUT2D eigenvalue weighted by molar-refractivity contribution is 0.589. The van der Waals surface area contributed by atoms with E-state index in [1.54, 1.807) is 10.9 Å². The lowest BCUT2D eigenvalue weighted by atomic mass is 10.2. The Morgan fingerprint density at radius 2 is 2.00 bits per heavy atom. The van der Waals surface area contributed by atoms with Crippen LogP contribution in [0.1, 0.15) is 25.1 Å². The summed E-state index contributed by atoms with van der Waals surface area (Å²) in [6.07, 6.45) is 1.77. The fourth-order valence-electron chi connectivity index (χ4n) is 1.73. The Bertz CT molecular complexity index is 557. The van der Waals surface area contributed by atoms with E-state index in [0.29, 0.717) is 16.1 Å². The van der Waals surface area contributed by atoms with E-state index < -0.39 is 0 Å². The summed E-state index contributed by atoms with van der Waals surface area (Å²) in [4.78, 5) is 0. The Hall–Kier alpha value is -1.03. The summed E-state index contributed by atoms with van der Waals surface area (Å²) in [6.45, 7) is 6.90. The summed E-state index contributed by atoms with van der Waals surface area (Å²) in [5, 5.41) is 9.00. The normalized spacial score (nSPS) is 11.3. The Morgan fingerprint density at radius 3 is 2.53 bits per heavy atom. The highest BCUT2D eigenvalue weighted by Crippen LogP contribution is 2.24. The second-order valence-electron chi connectivity index (χ2n) is 4.83. The van der Waals surface area contributed by atoms with Gasteiger partial charge in [0, 0.05) is 18.8 Å². The maximum Gasteiger partial charge on any atom is 0.0832 e. The number of nitrogens with zero attached hydrogens (tertiary/aromatic N) is 2. The van der Waals surface area contributed by atoms with Gasteiger partial charge in [0.1, 0.15) is 0 Å². The van der Waals surface area contributed by atoms with Crippen LogP contribution in [0.5, 0.6) is 0 Å². The summed E-state index contributed by atoms with van der Waals surface area (Å²) in [5.74, 6) is 0. The third-order valence-corrected chi connectivity index (χ3v) is 3.49. The number of halogens is 2. The number of aromatic nitrogens is 2. The monoisotopic (exact) mass is 297 g/mol. The molecule has 0 saturated carbocycles. The van der Waals surface area contributed by atoms with E-state index in [1.165, 1.54) is 0 Å². The Kier molecular flexibility index (Phi) is 4.50. The molecule has 1 heterocycles. The van der Waals surface area contributed by atoms with Gasteiger partial charge >= 0.3 is 0 Å². The van der Waals surface area contributed by atoms with Crippen molar-refractivity contribution < 1.29 is 0 Å². The van der Waals surface area contributed by atoms with Gasteiger partial charge in [-0.2, -0.15) is 5.10 Å². The second-order valence-corrected chi connectivity index (χ2v) is 5.64. The van der Waals surface area contributed by atoms with Gasteiger partial charge in [0.2, 0.25) is 0 Å². The molecule has 0 aliphatic rings. The average Bonchev–Trinajstić information content (AvgIpc) is 2.67. The molecule has 5 heteroatoms. The highest BCUT2D eigenvalue weighted by molar-refractivity contribution is 6.32. The molecule has 102 valence electrons. The summed E-state index contributed by atoms with van der Waals surface area (Å²) < 4.78 is 1.71. The molecule has 0 atom stereocenters. The predicted molar refractivity (Wildman–Crippen MR) is 80.3 cm³/mol. The van der Waals surface area contributed by atoms with Crippen LogP contribution < -0.4 is 5.32 Å². The third kappa shape index (κ3) is 3.50. The first-order chi connectivity index (χ1) is 8.97. The number of benzene rings is 1. The number of hydrogen-bond donors (Lipinski definition) is 1. The lowest BCUT2D eigenvalue weighted by Gasteiger charge is -2.10. The summed E-state index contributed by atoms with van der Waals surface area (Å²) in [7, 11) is 0. The Labute approximate surface area is 123 Å². The fraction of sp³-hybridized carbons (Fsp3) is 0.357. The van der Waals surface area contributed by atoms with Gasteiger partial charge in [0.25, 0.3) is 0 Å². The molecule has 0 saturated heterocycles. The van der Waals surface area contributed by atoms with E-state index in [2.05, 4.69) is 24.3 Å². The van der Waals surface area contributed by atoms with Crippen LogP contribution >= 0.6 is 23.2 Å². The van der Waals surface area contributed by atoms with Crippen molar-refractivity contribution in [1.29, 1.82) is 0 Å². The van der Waals surface area contributed by atoms with Crippen LogP contribution in [0.2, 0.25) is 10.0 Å². The fourth-order valence-corrected chi connectivity index (χ4v) is 2.15. The van der Waals surface area contributed by atoms with Crippen LogP contribution in [0.4, 0.5) is 0 Å². The molecule has 0 aliphatic carbocycles. The smallest absolute Gasteiger partial charge is 0.0832 e. The zero-order valence-corrected chi connectivity index (χ0v) is 12.8. The zero-order chi connectivity index (χ0) is 14.0. The summed E-state index contributed by atoms with van der Waals surface area (Å²) in [5.41, 5.74) is 2.78. The molecule has 1 aromatic carbocycles. The van der Waals surface area contributed by atoms with E-state index in [0.717, 1.165) is 23.5 Å². The molecule has 1 N–H and O–H groups in total. The third-order valence-electron chi connectivity index (χ3n) is 2.81. The van der Waals surface area contributed by atoms with Crippen molar-refractivity contribution in [3.05, 3.63) is 45.7 Å². The van der Waals surface area contributed by atoms with Crippen molar-refractivity contribution >= 4 is 23.2 Å². The average molecular weight is 298 g/mol. The molecule has 0 bridgehead atoms. The maximum absolute atomic E-state index is 6.31. The van der Waals surface area contributed by atoms with Crippen LogP contribution in [0.3, 0.4) is 0 Å². The molecule has 3 nitrogen and oxygen atoms in total. The zero-order valence-electron chi connectivity index (χ0n) is 11.2. The van der Waals surface area contributed by atoms with Crippen LogP contribution in [0, 0.1) is 6.92 Å². The molecule has 0 radical (unpaired) electrons. The first kappa shape index (κ1) is 14.4. The minimum Gasteiger partial charge on any atom is -0.310 e. The van der Waals surface area contributed by atoms with Gasteiger partial charge in [-0.25, -0.2) is 4.68 Å². The summed E-state index contributed by atoms with van der Waals surface area (Å²) >= 11 is 12.3. The highest BCUT2D eigenvalue weighted by Gasteiger charge is 2.08. The minimum absolute atomic E-state index is 0.450. The van der Waals surface area contributed by atoms with Crippen LogP contribution in [-0.4, -0.2) is 15.8 Å². The molecular weight excluding hydrogens is 281 g/mol. The van der Waals surface area contributed by atoms with E-state index in [9.17, 15) is 0 Å². The van der Waals surface area contributed by atoms with Gasteiger partial charge in [-0.15, -0.1) is 0 Å². The first-order valence-electron chi connectivity index (χ1n) is 6.21. The number of hydrogen-bond acceptors (Lipinski definition) is 2. The second kappa shape index (κ2) is 5.95. The topological polar surface area (TPSA) is 29.9 Å². The van der Waals surface area contributed by atoms with Gasteiger partial charge in [-0.05, 0) is 24.6 Å². The van der Waals surface area contributed by atoms with Crippen molar-refractivity contribution in [2.24, 2.45) is 0 Å². The van der Waals surface area contributed by atoms with Crippen molar-refractivity contribution in [3.63, 3.8) is 0 Å². The molecular formula is C14H17Cl2N3. The van der Waals surface area contributed by atoms with E-state index in [4.69, 9.17) is 23.2 Å². The molecule has 2 rings (SSSR count). The van der Waals surface area contributed by atoms with E-state index in [-0.39, 0.29) is 0 Å².